The van der Waals surface area contributed by atoms with Crippen molar-refractivity contribution in [1.82, 2.24) is 10.2 Å². The molecule has 1 fully saturated rings. The maximum absolute atomic E-state index is 10.9. The molecule has 0 spiro atoms. The molecule has 0 radical (unpaired) electrons. The van der Waals surface area contributed by atoms with Crippen molar-refractivity contribution in [2.45, 2.75) is 32.4 Å². The van der Waals surface area contributed by atoms with E-state index in [0.29, 0.717) is 19.8 Å². The molecule has 1 aliphatic heterocycles. The van der Waals surface area contributed by atoms with Gasteiger partial charge in [0.1, 0.15) is 0 Å². The molecular formula is C11H22N2O3. The number of rotatable bonds is 6. The van der Waals surface area contributed by atoms with Gasteiger partial charge in [0.2, 0.25) is 5.91 Å². The quantitative estimate of drug-likeness (QED) is 0.651. The summed E-state index contributed by atoms with van der Waals surface area (Å²) in [5, 5.41) is 12.5. The Morgan fingerprint density at radius 2 is 2.44 bits per heavy atom. The van der Waals surface area contributed by atoms with E-state index < -0.39 is 6.10 Å². The van der Waals surface area contributed by atoms with Crippen LogP contribution in [-0.2, 0) is 9.53 Å². The number of nitrogens with zero attached hydrogens (tertiary/aromatic N) is 1. The highest BCUT2D eigenvalue weighted by Crippen LogP contribution is 2.09. The van der Waals surface area contributed by atoms with Crippen LogP contribution < -0.4 is 5.32 Å². The van der Waals surface area contributed by atoms with Crippen LogP contribution >= 0.6 is 0 Å². The van der Waals surface area contributed by atoms with Crippen LogP contribution in [0, 0.1) is 0 Å². The molecule has 0 aromatic heterocycles. The van der Waals surface area contributed by atoms with Gasteiger partial charge in [0.15, 0.2) is 0 Å². The number of likely N-dealkylation sites (tertiary alicyclic amines) is 1. The third-order valence-electron chi connectivity index (χ3n) is 2.66. The van der Waals surface area contributed by atoms with Gasteiger partial charge in [-0.25, -0.2) is 0 Å². The lowest BCUT2D eigenvalue weighted by molar-refractivity contribution is -0.119. The van der Waals surface area contributed by atoms with Crippen molar-refractivity contribution in [2.24, 2.45) is 0 Å². The van der Waals surface area contributed by atoms with Crippen molar-refractivity contribution >= 4 is 5.91 Å². The first-order valence-electron chi connectivity index (χ1n) is 5.87. The van der Waals surface area contributed by atoms with Crippen LogP contribution in [0.3, 0.4) is 0 Å². The summed E-state index contributed by atoms with van der Waals surface area (Å²) in [5.74, 6) is 0.0155. The zero-order valence-electron chi connectivity index (χ0n) is 10.1. The standard InChI is InChI=1S/C11H22N2O3/c1-3-16-8-11(15)7-13-5-4-10(6-13)12-9(2)14/h10-11,15H,3-8H2,1-2H3,(H,12,14). The molecule has 2 N–H and O–H groups in total. The Labute approximate surface area is 96.8 Å². The number of amides is 1. The fourth-order valence-corrected chi connectivity index (χ4v) is 2.01. The van der Waals surface area contributed by atoms with E-state index in [1.807, 2.05) is 6.92 Å². The smallest absolute Gasteiger partial charge is 0.217 e. The monoisotopic (exact) mass is 230 g/mol. The summed E-state index contributed by atoms with van der Waals surface area (Å²) in [6.45, 7) is 6.83. The van der Waals surface area contributed by atoms with Gasteiger partial charge in [-0.1, -0.05) is 0 Å². The molecular weight excluding hydrogens is 208 g/mol. The second kappa shape index (κ2) is 6.83. The Balaban J connectivity index is 2.17. The van der Waals surface area contributed by atoms with E-state index in [4.69, 9.17) is 4.74 Å². The molecule has 1 saturated heterocycles. The molecule has 1 heterocycles. The lowest BCUT2D eigenvalue weighted by atomic mass is 10.2. The summed E-state index contributed by atoms with van der Waals surface area (Å²) in [6, 6.07) is 0.233. The molecule has 16 heavy (non-hydrogen) atoms. The van der Waals surface area contributed by atoms with Gasteiger partial charge in [-0.15, -0.1) is 0 Å². The van der Waals surface area contributed by atoms with E-state index in [1.165, 1.54) is 6.92 Å². The molecule has 5 nitrogen and oxygen atoms in total. The maximum atomic E-state index is 10.9. The highest BCUT2D eigenvalue weighted by atomic mass is 16.5. The van der Waals surface area contributed by atoms with Crippen LogP contribution in [0.25, 0.3) is 0 Å². The summed E-state index contributed by atoms with van der Waals surface area (Å²) in [7, 11) is 0. The van der Waals surface area contributed by atoms with Gasteiger partial charge in [-0.2, -0.15) is 0 Å². The van der Waals surface area contributed by atoms with E-state index in [0.717, 1.165) is 19.5 Å². The van der Waals surface area contributed by atoms with Gasteiger partial charge in [0.05, 0.1) is 12.7 Å². The van der Waals surface area contributed by atoms with Gasteiger partial charge in [-0.05, 0) is 13.3 Å². The second-order valence-corrected chi connectivity index (χ2v) is 4.26. The van der Waals surface area contributed by atoms with Gasteiger partial charge >= 0.3 is 0 Å². The first-order valence-corrected chi connectivity index (χ1v) is 5.87. The predicted molar refractivity (Wildman–Crippen MR) is 61.2 cm³/mol. The Bertz CT molecular complexity index is 223. The van der Waals surface area contributed by atoms with Crippen LogP contribution in [0.15, 0.2) is 0 Å². The van der Waals surface area contributed by atoms with Gasteiger partial charge in [-0.3, -0.25) is 9.69 Å². The number of carbonyl (C=O) groups is 1. The minimum atomic E-state index is -0.434. The number of hydrogen-bond donors (Lipinski definition) is 2. The summed E-state index contributed by atoms with van der Waals surface area (Å²) >= 11 is 0. The summed E-state index contributed by atoms with van der Waals surface area (Å²) in [6.07, 6.45) is 0.525. The van der Waals surface area contributed by atoms with Gasteiger partial charge in [0, 0.05) is 39.2 Å². The number of aliphatic hydroxyl groups excluding tert-OH is 1. The van der Waals surface area contributed by atoms with Crippen LogP contribution in [0.2, 0.25) is 0 Å². The molecule has 0 aliphatic carbocycles. The van der Waals surface area contributed by atoms with E-state index in [9.17, 15) is 9.90 Å². The van der Waals surface area contributed by atoms with E-state index in [1.54, 1.807) is 0 Å². The van der Waals surface area contributed by atoms with Gasteiger partial charge < -0.3 is 15.2 Å². The number of β-amino-alcohol motifs (C(OH)–C–C–N with tert-alkyl or cyclic N) is 1. The minimum absolute atomic E-state index is 0.0155. The molecule has 0 bridgehead atoms. The minimum Gasteiger partial charge on any atom is -0.389 e. The van der Waals surface area contributed by atoms with Crippen molar-refractivity contribution in [1.29, 1.82) is 0 Å². The lowest BCUT2D eigenvalue weighted by Gasteiger charge is -2.19. The van der Waals surface area contributed by atoms with Crippen molar-refractivity contribution in [2.75, 3.05) is 32.8 Å². The Hall–Kier alpha value is -0.650. The Kier molecular flexibility index (Phi) is 5.73. The Morgan fingerprint density at radius 1 is 1.69 bits per heavy atom. The van der Waals surface area contributed by atoms with Crippen molar-refractivity contribution in [3.63, 3.8) is 0 Å². The van der Waals surface area contributed by atoms with Crippen LogP contribution in [0.1, 0.15) is 20.3 Å². The van der Waals surface area contributed by atoms with Crippen LogP contribution in [0.4, 0.5) is 0 Å². The molecule has 0 saturated carbocycles. The molecule has 1 aliphatic rings. The number of aliphatic hydroxyl groups is 1. The number of carbonyl (C=O) groups excluding carboxylic acids is 1. The number of hydrogen-bond acceptors (Lipinski definition) is 4. The van der Waals surface area contributed by atoms with E-state index in [-0.39, 0.29) is 11.9 Å². The average Bonchev–Trinajstić information content (AvgIpc) is 2.61. The lowest BCUT2D eigenvalue weighted by Crippen LogP contribution is -2.38. The van der Waals surface area contributed by atoms with Crippen LogP contribution in [-0.4, -0.2) is 60.9 Å². The summed E-state index contributed by atoms with van der Waals surface area (Å²) in [4.78, 5) is 13.0. The third kappa shape index (κ3) is 4.92. The number of ether oxygens (including phenoxy) is 1. The molecule has 2 atom stereocenters. The molecule has 94 valence electrons. The second-order valence-electron chi connectivity index (χ2n) is 4.26. The molecule has 0 aromatic rings. The van der Waals surface area contributed by atoms with Crippen molar-refractivity contribution in [3.8, 4) is 0 Å². The normalized spacial score (nSPS) is 23.3. The first-order chi connectivity index (χ1) is 7.61. The largest absolute Gasteiger partial charge is 0.389 e. The fourth-order valence-electron chi connectivity index (χ4n) is 2.01. The van der Waals surface area contributed by atoms with Crippen molar-refractivity contribution < 1.29 is 14.6 Å². The molecule has 5 heteroatoms. The fraction of sp³-hybridized carbons (Fsp3) is 0.909. The first kappa shape index (κ1) is 13.4. The summed E-state index contributed by atoms with van der Waals surface area (Å²) in [5.41, 5.74) is 0. The summed E-state index contributed by atoms with van der Waals surface area (Å²) < 4.78 is 5.15. The molecule has 2 unspecified atom stereocenters. The molecule has 1 rings (SSSR count). The third-order valence-corrected chi connectivity index (χ3v) is 2.66. The zero-order valence-corrected chi connectivity index (χ0v) is 10.1. The van der Waals surface area contributed by atoms with Gasteiger partial charge in [0.25, 0.3) is 0 Å². The topological polar surface area (TPSA) is 61.8 Å². The van der Waals surface area contributed by atoms with E-state index in [2.05, 4.69) is 10.2 Å². The number of nitrogens with one attached hydrogen (secondary N) is 1. The highest BCUT2D eigenvalue weighted by molar-refractivity contribution is 5.73. The molecule has 1 amide bonds. The molecule has 0 aromatic carbocycles. The van der Waals surface area contributed by atoms with Crippen LogP contribution in [0.5, 0.6) is 0 Å². The highest BCUT2D eigenvalue weighted by Gasteiger charge is 2.24. The predicted octanol–water partition coefficient (Wildman–Crippen LogP) is -0.406. The van der Waals surface area contributed by atoms with E-state index >= 15 is 0 Å². The Morgan fingerprint density at radius 3 is 3.06 bits per heavy atom. The maximum Gasteiger partial charge on any atom is 0.217 e. The zero-order chi connectivity index (χ0) is 12.0. The average molecular weight is 230 g/mol. The SMILES string of the molecule is CCOCC(O)CN1CCC(NC(C)=O)C1. The van der Waals surface area contributed by atoms with Crippen molar-refractivity contribution in [3.05, 3.63) is 0 Å².